The molecule has 3 aliphatic rings. The average molecular weight is 266 g/mol. The molecule has 19 heavy (non-hydrogen) atoms. The van der Waals surface area contributed by atoms with Crippen LogP contribution in [0.4, 0.5) is 0 Å². The number of ether oxygens (including phenoxy) is 1. The lowest BCUT2D eigenvalue weighted by molar-refractivity contribution is -0.142. The third-order valence-electron chi connectivity index (χ3n) is 5.30. The molecule has 4 heteroatoms. The van der Waals surface area contributed by atoms with E-state index in [0.717, 1.165) is 11.1 Å². The highest BCUT2D eigenvalue weighted by molar-refractivity contribution is 5.93. The molecule has 1 heterocycles. The second-order valence-electron chi connectivity index (χ2n) is 7.27. The molecule has 0 saturated heterocycles. The fourth-order valence-corrected chi connectivity index (χ4v) is 5.10. The summed E-state index contributed by atoms with van der Waals surface area (Å²) in [6, 6.07) is 0. The van der Waals surface area contributed by atoms with Crippen molar-refractivity contribution in [1.82, 2.24) is 0 Å². The summed E-state index contributed by atoms with van der Waals surface area (Å²) >= 11 is 0. The molecule has 4 nitrogen and oxygen atoms in total. The zero-order valence-corrected chi connectivity index (χ0v) is 11.8. The fraction of sp³-hybridized carbons (Fsp3) is 0.800. The quantitative estimate of drug-likeness (QED) is 0.651. The minimum absolute atomic E-state index is 0.00667. The maximum atomic E-state index is 12.0. The predicted molar refractivity (Wildman–Crippen MR) is 69.2 cm³/mol. The molecule has 1 saturated carbocycles. The van der Waals surface area contributed by atoms with Gasteiger partial charge in [0.25, 0.3) is 0 Å². The molecule has 0 aromatic rings. The Morgan fingerprint density at radius 1 is 1.21 bits per heavy atom. The van der Waals surface area contributed by atoms with Gasteiger partial charge in [0.05, 0.1) is 12.2 Å². The van der Waals surface area contributed by atoms with Crippen LogP contribution in [0.5, 0.6) is 0 Å². The fourth-order valence-electron chi connectivity index (χ4n) is 5.10. The van der Waals surface area contributed by atoms with Gasteiger partial charge in [0, 0.05) is 16.9 Å². The molecule has 0 amide bonds. The number of cyclic esters (lactones) is 1. The summed E-state index contributed by atoms with van der Waals surface area (Å²) in [4.78, 5) is 12.0. The van der Waals surface area contributed by atoms with Gasteiger partial charge in [-0.2, -0.15) is 0 Å². The summed E-state index contributed by atoms with van der Waals surface area (Å²) in [5.74, 6) is -0.257. The van der Waals surface area contributed by atoms with Gasteiger partial charge in [-0.05, 0) is 30.3 Å². The molecule has 0 radical (unpaired) electrons. The highest BCUT2D eigenvalue weighted by atomic mass is 16.5. The topological polar surface area (TPSA) is 66.8 Å². The molecule has 0 aromatic heterocycles. The molecule has 106 valence electrons. The van der Waals surface area contributed by atoms with Crippen LogP contribution in [0.25, 0.3) is 0 Å². The molecule has 1 aliphatic heterocycles. The average Bonchev–Trinajstić information content (AvgIpc) is 2.56. The second-order valence-corrected chi connectivity index (χ2v) is 7.27. The first kappa shape index (κ1) is 13.1. The van der Waals surface area contributed by atoms with Crippen molar-refractivity contribution in [2.24, 2.45) is 16.7 Å². The van der Waals surface area contributed by atoms with Crippen molar-refractivity contribution in [1.29, 1.82) is 0 Å². The van der Waals surface area contributed by atoms with E-state index in [4.69, 9.17) is 4.74 Å². The Bertz CT molecular complexity index is 465. The predicted octanol–water partition coefficient (Wildman–Crippen LogP) is 1.41. The summed E-state index contributed by atoms with van der Waals surface area (Å²) in [6.45, 7) is 6.47. The Morgan fingerprint density at radius 2 is 1.89 bits per heavy atom. The maximum absolute atomic E-state index is 12.0. The number of fused-ring (bicyclic) bond motifs is 2. The lowest BCUT2D eigenvalue weighted by Gasteiger charge is -2.56. The third kappa shape index (κ3) is 1.69. The second kappa shape index (κ2) is 3.83. The van der Waals surface area contributed by atoms with Gasteiger partial charge in [-0.25, -0.2) is 4.79 Å². The largest absolute Gasteiger partial charge is 0.458 e. The van der Waals surface area contributed by atoms with Crippen LogP contribution >= 0.6 is 0 Å². The molecule has 0 bridgehead atoms. The Kier molecular flexibility index (Phi) is 2.64. The Balaban J connectivity index is 2.14. The molecule has 1 fully saturated rings. The van der Waals surface area contributed by atoms with Gasteiger partial charge in [-0.3, -0.25) is 0 Å². The van der Waals surface area contributed by atoms with Crippen LogP contribution in [-0.4, -0.2) is 35.0 Å². The van der Waals surface area contributed by atoms with Crippen molar-refractivity contribution >= 4 is 5.97 Å². The van der Waals surface area contributed by atoms with Crippen molar-refractivity contribution < 1.29 is 19.7 Å². The van der Waals surface area contributed by atoms with E-state index in [-0.39, 0.29) is 17.3 Å². The van der Waals surface area contributed by atoms with Crippen molar-refractivity contribution in [2.45, 2.75) is 52.2 Å². The molecular weight excluding hydrogens is 244 g/mol. The maximum Gasteiger partial charge on any atom is 0.334 e. The minimum Gasteiger partial charge on any atom is -0.458 e. The van der Waals surface area contributed by atoms with Gasteiger partial charge in [-0.1, -0.05) is 20.8 Å². The zero-order valence-electron chi connectivity index (χ0n) is 11.8. The van der Waals surface area contributed by atoms with Gasteiger partial charge in [0.15, 0.2) is 0 Å². The van der Waals surface area contributed by atoms with E-state index in [1.807, 2.05) is 6.92 Å². The van der Waals surface area contributed by atoms with Crippen LogP contribution in [0.15, 0.2) is 11.1 Å². The van der Waals surface area contributed by atoms with Crippen LogP contribution in [0.3, 0.4) is 0 Å². The van der Waals surface area contributed by atoms with Crippen LogP contribution in [-0.2, 0) is 9.53 Å². The third-order valence-corrected chi connectivity index (χ3v) is 5.30. The highest BCUT2D eigenvalue weighted by Crippen LogP contribution is 2.60. The van der Waals surface area contributed by atoms with E-state index in [9.17, 15) is 15.0 Å². The van der Waals surface area contributed by atoms with Crippen molar-refractivity contribution in [3.8, 4) is 0 Å². The molecule has 3 rings (SSSR count). The number of hydrogen-bond donors (Lipinski definition) is 2. The monoisotopic (exact) mass is 266 g/mol. The number of aliphatic hydroxyl groups is 2. The summed E-state index contributed by atoms with van der Waals surface area (Å²) in [6.07, 6.45) is 0.846. The molecule has 0 spiro atoms. The smallest absolute Gasteiger partial charge is 0.334 e. The first-order valence-corrected chi connectivity index (χ1v) is 7.01. The first-order valence-electron chi connectivity index (χ1n) is 7.01. The van der Waals surface area contributed by atoms with E-state index >= 15 is 0 Å². The Labute approximate surface area is 113 Å². The molecule has 2 N–H and O–H groups in total. The number of rotatable bonds is 0. The number of esters is 1. The van der Waals surface area contributed by atoms with Crippen molar-refractivity contribution in [3.05, 3.63) is 11.1 Å². The standard InChI is InChI=1S/C15H22O4/c1-14(2)5-9(16)6-15(3)11-8(7-19-13(11)18)4-10(17)12(14)15/h9-10,12,16-17H,4-7H2,1-3H3/t9-,10+,12-,15+/m0/s1. The van der Waals surface area contributed by atoms with Gasteiger partial charge in [-0.15, -0.1) is 0 Å². The van der Waals surface area contributed by atoms with E-state index in [1.165, 1.54) is 0 Å². The normalized spacial score (nSPS) is 44.7. The Hall–Kier alpha value is -0.870. The van der Waals surface area contributed by atoms with Gasteiger partial charge in [0.1, 0.15) is 6.61 Å². The van der Waals surface area contributed by atoms with Gasteiger partial charge in [0.2, 0.25) is 0 Å². The zero-order chi connectivity index (χ0) is 14.0. The van der Waals surface area contributed by atoms with Crippen LogP contribution in [0.1, 0.15) is 40.0 Å². The molecule has 0 unspecified atom stereocenters. The highest BCUT2D eigenvalue weighted by Gasteiger charge is 2.59. The number of carbonyl (C=O) groups excluding carboxylic acids is 1. The van der Waals surface area contributed by atoms with Crippen LogP contribution in [0.2, 0.25) is 0 Å². The van der Waals surface area contributed by atoms with E-state index in [2.05, 4.69) is 13.8 Å². The molecule has 0 aromatic carbocycles. The molecular formula is C15H22O4. The number of hydrogen-bond acceptors (Lipinski definition) is 4. The Morgan fingerprint density at radius 3 is 2.58 bits per heavy atom. The number of carbonyl (C=O) groups is 1. The lowest BCUT2D eigenvalue weighted by atomic mass is 9.49. The summed E-state index contributed by atoms with van der Waals surface area (Å²) in [7, 11) is 0. The first-order chi connectivity index (χ1) is 8.75. The SMILES string of the molecule is CC1(C)C[C@H](O)C[C@]2(C)C3=C(COC3=O)C[C@@H](O)[C@@H]12. The van der Waals surface area contributed by atoms with E-state index in [0.29, 0.717) is 25.9 Å². The summed E-state index contributed by atoms with van der Waals surface area (Å²) in [5, 5.41) is 20.7. The minimum atomic E-state index is -0.470. The molecule has 4 atom stereocenters. The van der Waals surface area contributed by atoms with E-state index < -0.39 is 17.6 Å². The van der Waals surface area contributed by atoms with Crippen LogP contribution < -0.4 is 0 Å². The molecule has 2 aliphatic carbocycles. The van der Waals surface area contributed by atoms with Gasteiger partial charge >= 0.3 is 5.97 Å². The van der Waals surface area contributed by atoms with E-state index in [1.54, 1.807) is 0 Å². The summed E-state index contributed by atoms with van der Waals surface area (Å²) < 4.78 is 5.16. The number of aliphatic hydroxyl groups excluding tert-OH is 2. The summed E-state index contributed by atoms with van der Waals surface area (Å²) in [5.41, 5.74) is 1.01. The van der Waals surface area contributed by atoms with Crippen molar-refractivity contribution in [2.75, 3.05) is 6.61 Å². The van der Waals surface area contributed by atoms with Crippen LogP contribution in [0, 0.1) is 16.7 Å². The van der Waals surface area contributed by atoms with Gasteiger partial charge < -0.3 is 14.9 Å². The lowest BCUT2D eigenvalue weighted by Crippen LogP contribution is -2.55. The van der Waals surface area contributed by atoms with Crippen molar-refractivity contribution in [3.63, 3.8) is 0 Å².